The van der Waals surface area contributed by atoms with Gasteiger partial charge in [0.05, 0.1) is 0 Å². The largest absolute Gasteiger partial charge is 0.299 e. The molecular weight excluding hydrogens is 271 g/mol. The second kappa shape index (κ2) is 6.14. The van der Waals surface area contributed by atoms with E-state index in [1.165, 1.54) is 6.07 Å². The summed E-state index contributed by atoms with van der Waals surface area (Å²) >= 11 is 3.27. The number of carbonyl (C=O) groups is 1. The standard InChI is InChI=1S/C13H16BrFO/c1-3-9(2)6-12(16)8-10-7-11(14)4-5-13(10)15/h4-5,7,9H,3,6,8H2,1-2H3. The second-order valence-corrected chi connectivity index (χ2v) is 5.08. The van der Waals surface area contributed by atoms with E-state index in [2.05, 4.69) is 22.9 Å². The fourth-order valence-electron chi connectivity index (χ4n) is 1.50. The van der Waals surface area contributed by atoms with Gasteiger partial charge < -0.3 is 0 Å². The Morgan fingerprint density at radius 2 is 2.19 bits per heavy atom. The fraction of sp³-hybridized carbons (Fsp3) is 0.462. The van der Waals surface area contributed by atoms with Gasteiger partial charge in [-0.1, -0.05) is 36.2 Å². The molecule has 0 saturated carbocycles. The van der Waals surface area contributed by atoms with E-state index in [0.29, 0.717) is 17.9 Å². The topological polar surface area (TPSA) is 17.1 Å². The zero-order chi connectivity index (χ0) is 12.1. The van der Waals surface area contributed by atoms with Crippen molar-refractivity contribution in [3.05, 3.63) is 34.1 Å². The normalized spacial score (nSPS) is 12.5. The molecule has 1 aromatic carbocycles. The van der Waals surface area contributed by atoms with Crippen molar-refractivity contribution in [1.29, 1.82) is 0 Å². The summed E-state index contributed by atoms with van der Waals surface area (Å²) < 4.78 is 14.2. The first-order chi connectivity index (χ1) is 7.52. The number of hydrogen-bond acceptors (Lipinski definition) is 1. The first-order valence-corrected chi connectivity index (χ1v) is 6.27. The lowest BCUT2D eigenvalue weighted by Crippen LogP contribution is -2.09. The van der Waals surface area contributed by atoms with Gasteiger partial charge in [0, 0.05) is 17.3 Å². The van der Waals surface area contributed by atoms with Crippen LogP contribution < -0.4 is 0 Å². The first-order valence-electron chi connectivity index (χ1n) is 5.48. The molecule has 1 aromatic rings. The van der Waals surface area contributed by atoms with E-state index in [-0.39, 0.29) is 18.0 Å². The number of hydrogen-bond donors (Lipinski definition) is 0. The van der Waals surface area contributed by atoms with Gasteiger partial charge in [-0.05, 0) is 29.7 Å². The molecule has 3 heteroatoms. The highest BCUT2D eigenvalue weighted by Gasteiger charge is 2.11. The lowest BCUT2D eigenvalue weighted by molar-refractivity contribution is -0.119. The maximum absolute atomic E-state index is 13.4. The van der Waals surface area contributed by atoms with Gasteiger partial charge >= 0.3 is 0 Å². The third-order valence-corrected chi connectivity index (χ3v) is 3.16. The number of carbonyl (C=O) groups excluding carboxylic acids is 1. The van der Waals surface area contributed by atoms with Crippen molar-refractivity contribution in [2.45, 2.75) is 33.1 Å². The van der Waals surface area contributed by atoms with Crippen LogP contribution in [-0.4, -0.2) is 5.78 Å². The minimum atomic E-state index is -0.305. The number of halogens is 2. The third kappa shape index (κ3) is 4.05. The Morgan fingerprint density at radius 1 is 1.50 bits per heavy atom. The van der Waals surface area contributed by atoms with E-state index < -0.39 is 0 Å². The van der Waals surface area contributed by atoms with Crippen molar-refractivity contribution in [3.8, 4) is 0 Å². The van der Waals surface area contributed by atoms with E-state index in [4.69, 9.17) is 0 Å². The zero-order valence-electron chi connectivity index (χ0n) is 9.59. The molecule has 16 heavy (non-hydrogen) atoms. The third-order valence-electron chi connectivity index (χ3n) is 2.67. The first kappa shape index (κ1) is 13.4. The van der Waals surface area contributed by atoms with E-state index >= 15 is 0 Å². The number of ketones is 1. The smallest absolute Gasteiger partial charge is 0.137 e. The summed E-state index contributed by atoms with van der Waals surface area (Å²) in [5.41, 5.74) is 0.475. The van der Waals surface area contributed by atoms with Crippen LogP contribution in [0.4, 0.5) is 4.39 Å². The van der Waals surface area contributed by atoms with Crippen LogP contribution in [0.2, 0.25) is 0 Å². The average molecular weight is 287 g/mol. The summed E-state index contributed by atoms with van der Waals surface area (Å²) in [6, 6.07) is 4.69. The fourth-order valence-corrected chi connectivity index (χ4v) is 1.90. The van der Waals surface area contributed by atoms with Crippen LogP contribution in [0.3, 0.4) is 0 Å². The predicted octanol–water partition coefficient (Wildman–Crippen LogP) is 4.14. The molecule has 1 rings (SSSR count). The monoisotopic (exact) mass is 286 g/mol. The van der Waals surface area contributed by atoms with Gasteiger partial charge in [-0.2, -0.15) is 0 Å². The lowest BCUT2D eigenvalue weighted by atomic mass is 9.98. The summed E-state index contributed by atoms with van der Waals surface area (Å²) in [5.74, 6) is 0.176. The van der Waals surface area contributed by atoms with Gasteiger partial charge in [0.15, 0.2) is 0 Å². The van der Waals surface area contributed by atoms with Crippen LogP contribution in [0.5, 0.6) is 0 Å². The molecule has 0 amide bonds. The Bertz CT molecular complexity index is 376. The van der Waals surface area contributed by atoms with Crippen molar-refractivity contribution in [2.75, 3.05) is 0 Å². The van der Waals surface area contributed by atoms with Crippen molar-refractivity contribution >= 4 is 21.7 Å². The molecule has 0 aliphatic heterocycles. The van der Waals surface area contributed by atoms with Crippen LogP contribution in [0.1, 0.15) is 32.3 Å². The lowest BCUT2D eigenvalue weighted by Gasteiger charge is -2.08. The summed E-state index contributed by atoms with van der Waals surface area (Å²) in [6.07, 6.45) is 1.70. The quantitative estimate of drug-likeness (QED) is 0.795. The predicted molar refractivity (Wildman–Crippen MR) is 66.9 cm³/mol. The highest BCUT2D eigenvalue weighted by molar-refractivity contribution is 9.10. The summed E-state index contributed by atoms with van der Waals surface area (Å²) in [6.45, 7) is 4.09. The zero-order valence-corrected chi connectivity index (χ0v) is 11.2. The van der Waals surface area contributed by atoms with Crippen molar-refractivity contribution in [1.82, 2.24) is 0 Å². The molecule has 0 N–H and O–H groups in total. The van der Waals surface area contributed by atoms with Gasteiger partial charge in [0.25, 0.3) is 0 Å². The Kier molecular flexibility index (Phi) is 5.13. The Morgan fingerprint density at radius 3 is 2.81 bits per heavy atom. The van der Waals surface area contributed by atoms with Crippen molar-refractivity contribution in [2.24, 2.45) is 5.92 Å². The van der Waals surface area contributed by atoms with Crippen molar-refractivity contribution in [3.63, 3.8) is 0 Å². The minimum Gasteiger partial charge on any atom is -0.299 e. The number of rotatable bonds is 5. The van der Waals surface area contributed by atoms with Gasteiger partial charge in [-0.25, -0.2) is 4.39 Å². The van der Waals surface area contributed by atoms with Gasteiger partial charge in [-0.3, -0.25) is 4.79 Å². The van der Waals surface area contributed by atoms with Gasteiger partial charge in [0.1, 0.15) is 11.6 Å². The summed E-state index contributed by atoms with van der Waals surface area (Å²) in [7, 11) is 0. The Hall–Kier alpha value is -0.700. The highest BCUT2D eigenvalue weighted by atomic mass is 79.9. The molecule has 0 spiro atoms. The Balaban J connectivity index is 2.65. The maximum Gasteiger partial charge on any atom is 0.137 e. The van der Waals surface area contributed by atoms with E-state index in [1.54, 1.807) is 12.1 Å². The number of benzene rings is 1. The molecule has 0 heterocycles. The Labute approximate surface area is 104 Å². The molecule has 0 bridgehead atoms. The molecule has 0 aliphatic rings. The minimum absolute atomic E-state index is 0.103. The molecule has 0 saturated heterocycles. The second-order valence-electron chi connectivity index (χ2n) is 4.17. The molecule has 0 aliphatic carbocycles. The summed E-state index contributed by atoms with van der Waals surface area (Å²) in [4.78, 5) is 11.7. The SMILES string of the molecule is CCC(C)CC(=O)Cc1cc(Br)ccc1F. The van der Waals surface area contributed by atoms with E-state index in [0.717, 1.165) is 10.9 Å². The molecule has 0 radical (unpaired) electrons. The van der Waals surface area contributed by atoms with Crippen LogP contribution in [0, 0.1) is 11.7 Å². The van der Waals surface area contributed by atoms with Crippen LogP contribution in [-0.2, 0) is 11.2 Å². The molecule has 88 valence electrons. The van der Waals surface area contributed by atoms with Crippen LogP contribution in [0.25, 0.3) is 0 Å². The van der Waals surface area contributed by atoms with E-state index in [9.17, 15) is 9.18 Å². The van der Waals surface area contributed by atoms with E-state index in [1.807, 2.05) is 6.92 Å². The molecule has 0 fully saturated rings. The van der Waals surface area contributed by atoms with Gasteiger partial charge in [0.2, 0.25) is 0 Å². The molecular formula is C13H16BrFO. The highest BCUT2D eigenvalue weighted by Crippen LogP contribution is 2.17. The number of Topliss-reactive ketones (excluding diaryl/α,β-unsaturated/α-hetero) is 1. The molecule has 0 aromatic heterocycles. The molecule has 1 unspecified atom stereocenters. The molecule has 1 nitrogen and oxygen atoms in total. The van der Waals surface area contributed by atoms with Crippen molar-refractivity contribution < 1.29 is 9.18 Å². The van der Waals surface area contributed by atoms with Crippen LogP contribution >= 0.6 is 15.9 Å². The summed E-state index contributed by atoms with van der Waals surface area (Å²) in [5, 5.41) is 0. The van der Waals surface area contributed by atoms with Gasteiger partial charge in [-0.15, -0.1) is 0 Å². The molecule has 1 atom stereocenters. The average Bonchev–Trinajstić information content (AvgIpc) is 2.23. The maximum atomic E-state index is 13.4. The van der Waals surface area contributed by atoms with Crippen LogP contribution in [0.15, 0.2) is 22.7 Å².